The third-order valence-electron chi connectivity index (χ3n) is 7.87. The van der Waals surface area contributed by atoms with Gasteiger partial charge in [0.25, 0.3) is 5.91 Å². The third-order valence-corrected chi connectivity index (χ3v) is 7.87. The lowest BCUT2D eigenvalue weighted by molar-refractivity contribution is 0.0518. The van der Waals surface area contributed by atoms with Gasteiger partial charge in [-0.05, 0) is 86.4 Å². The lowest BCUT2D eigenvalue weighted by Crippen LogP contribution is -2.24. The van der Waals surface area contributed by atoms with Crippen LogP contribution in [-0.4, -0.2) is 34.8 Å². The molecule has 0 saturated heterocycles. The Morgan fingerprint density at radius 2 is 1.63 bits per heavy atom. The van der Waals surface area contributed by atoms with E-state index in [4.69, 9.17) is 4.74 Å². The zero-order chi connectivity index (χ0) is 28.4. The molecule has 0 unspecified atom stereocenters. The smallest absolute Gasteiger partial charge is 0.358 e. The van der Waals surface area contributed by atoms with Gasteiger partial charge in [0.2, 0.25) is 0 Å². The van der Waals surface area contributed by atoms with Crippen molar-refractivity contribution in [2.24, 2.45) is 0 Å². The summed E-state index contributed by atoms with van der Waals surface area (Å²) in [7, 11) is 0. The molecule has 1 aromatic heterocycles. The molecule has 0 aliphatic heterocycles. The minimum atomic E-state index is -0.449. The van der Waals surface area contributed by atoms with E-state index in [1.165, 1.54) is 43.2 Å². The highest BCUT2D eigenvalue weighted by Gasteiger charge is 2.20. The quantitative estimate of drug-likeness (QED) is 0.155. The molecule has 1 aliphatic carbocycles. The number of aromatic nitrogens is 2. The average molecular weight is 550 g/mol. The number of hydrogen-bond donors (Lipinski definition) is 1. The summed E-state index contributed by atoms with van der Waals surface area (Å²) in [5.74, 6) is 0.0809. The largest absolute Gasteiger partial charge is 0.461 e. The summed E-state index contributed by atoms with van der Waals surface area (Å²) in [6.45, 7) is 2.70. The molecule has 1 saturated carbocycles. The zero-order valence-corrected chi connectivity index (χ0v) is 23.9. The topological polar surface area (TPSA) is 73.2 Å². The van der Waals surface area contributed by atoms with Crippen LogP contribution < -0.4 is 5.32 Å². The number of ether oxygens (including phenoxy) is 1. The third kappa shape index (κ3) is 7.31. The van der Waals surface area contributed by atoms with Gasteiger partial charge < -0.3 is 10.1 Å². The maximum Gasteiger partial charge on any atom is 0.358 e. The molecule has 4 aromatic rings. The number of benzene rings is 3. The van der Waals surface area contributed by atoms with Crippen molar-refractivity contribution in [1.82, 2.24) is 15.1 Å². The van der Waals surface area contributed by atoms with Gasteiger partial charge in [-0.25, -0.2) is 9.48 Å². The van der Waals surface area contributed by atoms with Crippen molar-refractivity contribution in [1.29, 1.82) is 0 Å². The highest BCUT2D eigenvalue weighted by molar-refractivity contribution is 5.94. The normalized spacial score (nSPS) is 13.6. The summed E-state index contributed by atoms with van der Waals surface area (Å²) < 4.78 is 6.99. The molecule has 1 heterocycles. The van der Waals surface area contributed by atoms with Crippen LogP contribution in [-0.2, 0) is 11.2 Å². The first kappa shape index (κ1) is 28.3. The van der Waals surface area contributed by atoms with Crippen molar-refractivity contribution in [2.45, 2.75) is 64.2 Å². The number of amides is 1. The first-order valence-electron chi connectivity index (χ1n) is 14.9. The molecule has 1 N–H and O–H groups in total. The van der Waals surface area contributed by atoms with Gasteiger partial charge >= 0.3 is 5.97 Å². The first-order chi connectivity index (χ1) is 20.1. The van der Waals surface area contributed by atoms with Crippen molar-refractivity contribution >= 4 is 11.9 Å². The second kappa shape index (κ2) is 13.9. The van der Waals surface area contributed by atoms with E-state index in [1.54, 1.807) is 29.8 Å². The number of nitrogens with one attached hydrogen (secondary N) is 1. The Balaban J connectivity index is 1.27. The molecule has 5 rings (SSSR count). The van der Waals surface area contributed by atoms with Gasteiger partial charge in [0.05, 0.1) is 18.0 Å². The molecular formula is C35H39N3O3. The zero-order valence-electron chi connectivity index (χ0n) is 23.9. The maximum atomic E-state index is 12.7. The van der Waals surface area contributed by atoms with E-state index >= 15 is 0 Å². The Labute approximate surface area is 242 Å². The van der Waals surface area contributed by atoms with Gasteiger partial charge in [-0.3, -0.25) is 4.79 Å². The molecule has 1 amide bonds. The lowest BCUT2D eigenvalue weighted by Gasteiger charge is -2.22. The molecular weight excluding hydrogens is 510 g/mol. The highest BCUT2D eigenvalue weighted by Crippen LogP contribution is 2.34. The number of hydrogen-bond acceptors (Lipinski definition) is 4. The summed E-state index contributed by atoms with van der Waals surface area (Å²) in [4.78, 5) is 25.3. The van der Waals surface area contributed by atoms with Gasteiger partial charge in [-0.2, -0.15) is 5.10 Å². The van der Waals surface area contributed by atoms with Crippen molar-refractivity contribution in [3.8, 4) is 16.9 Å². The minimum absolute atomic E-state index is 0.0949. The van der Waals surface area contributed by atoms with E-state index < -0.39 is 5.97 Å². The van der Waals surface area contributed by atoms with Crippen LogP contribution in [0.2, 0.25) is 0 Å². The number of rotatable bonds is 11. The molecule has 1 aliphatic rings. The Hall–Kier alpha value is -4.19. The Morgan fingerprint density at radius 1 is 0.902 bits per heavy atom. The SMILES string of the molecule is CCOC(=O)c1cc(-c2ccc(C3CCCCC3)cc2)n(-c2ccc(C(=O)NCCCCc3ccccc3)cc2)n1. The fourth-order valence-corrected chi connectivity index (χ4v) is 5.61. The molecule has 3 aromatic carbocycles. The molecule has 6 nitrogen and oxygen atoms in total. The van der Waals surface area contributed by atoms with E-state index in [1.807, 2.05) is 18.2 Å². The van der Waals surface area contributed by atoms with Crippen LogP contribution in [0.1, 0.15) is 89.8 Å². The summed E-state index contributed by atoms with van der Waals surface area (Å²) in [6.07, 6.45) is 9.38. The molecule has 0 spiro atoms. The van der Waals surface area contributed by atoms with Crippen LogP contribution in [0.15, 0.2) is 84.9 Å². The van der Waals surface area contributed by atoms with E-state index in [-0.39, 0.29) is 18.2 Å². The number of unbranched alkanes of at least 4 members (excludes halogenated alkanes) is 1. The van der Waals surface area contributed by atoms with Crippen molar-refractivity contribution in [2.75, 3.05) is 13.2 Å². The van der Waals surface area contributed by atoms with E-state index in [0.29, 0.717) is 18.0 Å². The molecule has 0 atom stereocenters. The molecule has 0 bridgehead atoms. The maximum absolute atomic E-state index is 12.7. The van der Waals surface area contributed by atoms with Gasteiger partial charge in [0.15, 0.2) is 5.69 Å². The molecule has 6 heteroatoms. The number of esters is 1. The Kier molecular flexibility index (Phi) is 9.63. The van der Waals surface area contributed by atoms with Gasteiger partial charge in [0, 0.05) is 17.7 Å². The Morgan fingerprint density at radius 3 is 2.34 bits per heavy atom. The van der Waals surface area contributed by atoms with Crippen LogP contribution in [0.4, 0.5) is 0 Å². The molecule has 1 fully saturated rings. The van der Waals surface area contributed by atoms with Crippen LogP contribution >= 0.6 is 0 Å². The molecule has 212 valence electrons. The van der Waals surface area contributed by atoms with Gasteiger partial charge in [-0.15, -0.1) is 0 Å². The summed E-state index contributed by atoms with van der Waals surface area (Å²) >= 11 is 0. The highest BCUT2D eigenvalue weighted by atomic mass is 16.5. The number of carbonyl (C=O) groups excluding carboxylic acids is 2. The predicted molar refractivity (Wildman–Crippen MR) is 162 cm³/mol. The standard InChI is InChI=1S/C35H39N3O3/c1-2-41-35(40)32-25-33(29-18-16-28(17-19-29)27-14-7-4-8-15-27)38(37-32)31-22-20-30(21-23-31)34(39)36-24-10-9-13-26-11-5-3-6-12-26/h3,5-6,11-12,16-23,25,27H,2,4,7-10,13-15,24H2,1H3,(H,36,39). The van der Waals surface area contributed by atoms with E-state index in [0.717, 1.165) is 36.2 Å². The van der Waals surface area contributed by atoms with Crippen LogP contribution in [0.5, 0.6) is 0 Å². The first-order valence-corrected chi connectivity index (χ1v) is 14.9. The average Bonchev–Trinajstić information content (AvgIpc) is 3.48. The predicted octanol–water partition coefficient (Wildman–Crippen LogP) is 7.52. The monoisotopic (exact) mass is 549 g/mol. The van der Waals surface area contributed by atoms with E-state index in [2.05, 4.69) is 58.9 Å². The molecule has 41 heavy (non-hydrogen) atoms. The molecule has 0 radical (unpaired) electrons. The lowest BCUT2D eigenvalue weighted by atomic mass is 9.84. The van der Waals surface area contributed by atoms with Gasteiger partial charge in [-0.1, -0.05) is 73.9 Å². The Bertz CT molecular complexity index is 1420. The summed E-state index contributed by atoms with van der Waals surface area (Å²) in [6, 6.07) is 28.2. The van der Waals surface area contributed by atoms with Gasteiger partial charge in [0.1, 0.15) is 0 Å². The summed E-state index contributed by atoms with van der Waals surface area (Å²) in [5.41, 5.74) is 6.10. The number of carbonyl (C=O) groups is 2. The van der Waals surface area contributed by atoms with Crippen molar-refractivity contribution in [3.05, 3.63) is 107 Å². The van der Waals surface area contributed by atoms with Crippen LogP contribution in [0, 0.1) is 0 Å². The van der Waals surface area contributed by atoms with Crippen molar-refractivity contribution < 1.29 is 14.3 Å². The fraction of sp³-hybridized carbons (Fsp3) is 0.343. The minimum Gasteiger partial charge on any atom is -0.461 e. The summed E-state index contributed by atoms with van der Waals surface area (Å²) in [5, 5.41) is 7.62. The second-order valence-electron chi connectivity index (χ2n) is 10.7. The van der Waals surface area contributed by atoms with Crippen LogP contribution in [0.3, 0.4) is 0 Å². The fourth-order valence-electron chi connectivity index (χ4n) is 5.61. The van der Waals surface area contributed by atoms with Crippen molar-refractivity contribution in [3.63, 3.8) is 0 Å². The van der Waals surface area contributed by atoms with E-state index in [9.17, 15) is 9.59 Å². The second-order valence-corrected chi connectivity index (χ2v) is 10.7. The van der Waals surface area contributed by atoms with Crippen LogP contribution in [0.25, 0.3) is 16.9 Å². The number of aryl methyl sites for hydroxylation is 1. The number of nitrogens with zero attached hydrogens (tertiary/aromatic N) is 2.